The normalized spacial score (nSPS) is 17.2. The third-order valence-electron chi connectivity index (χ3n) is 6.74. The Hall–Kier alpha value is -1.78. The molecular weight excluding hydrogens is 524 g/mol. The minimum Gasteiger partial charge on any atom is -0.468 e. The molecule has 3 rings (SSSR count). The van der Waals surface area contributed by atoms with E-state index in [-0.39, 0.29) is 20.2 Å². The summed E-state index contributed by atoms with van der Waals surface area (Å²) in [7, 11) is -0.0684. The van der Waals surface area contributed by atoms with Gasteiger partial charge in [0.2, 0.25) is 0 Å². The molecule has 1 heterocycles. The van der Waals surface area contributed by atoms with Gasteiger partial charge in [0.1, 0.15) is 11.5 Å². The van der Waals surface area contributed by atoms with E-state index >= 15 is 0 Å². The number of hydrogen-bond donors (Lipinski definition) is 0. The number of thioether (sulfide) groups is 1. The molecule has 0 aliphatic carbocycles. The molecule has 38 heavy (non-hydrogen) atoms. The molecule has 0 bridgehead atoms. The third kappa shape index (κ3) is 10.4. The lowest BCUT2D eigenvalue weighted by Gasteiger charge is -2.34. The predicted octanol–water partition coefficient (Wildman–Crippen LogP) is 6.72. The largest absolute Gasteiger partial charge is 0.468 e. The highest BCUT2D eigenvalue weighted by Crippen LogP contribution is 2.49. The fourth-order valence-electron chi connectivity index (χ4n) is 4.86. The van der Waals surface area contributed by atoms with Crippen LogP contribution in [0.2, 0.25) is 0 Å². The molecule has 1 aliphatic rings. The van der Waals surface area contributed by atoms with Gasteiger partial charge in [-0.05, 0) is 54.2 Å². The Labute approximate surface area is 232 Å². The van der Waals surface area contributed by atoms with Crippen LogP contribution in [0.1, 0.15) is 74.3 Å². The monoisotopic (exact) mass is 566 g/mol. The van der Waals surface area contributed by atoms with Gasteiger partial charge in [0.15, 0.2) is 13.6 Å². The van der Waals surface area contributed by atoms with E-state index in [9.17, 15) is 8.42 Å². The molecule has 212 valence electrons. The molecule has 2 atom stereocenters. The molecule has 0 aromatic heterocycles. The molecule has 1 aliphatic heterocycles. The molecule has 0 amide bonds. The zero-order valence-electron chi connectivity index (χ0n) is 22.9. The molecular formula is C29H42O7S2. The number of unbranched alkanes of at least 4 members (excludes halogenated alkanes) is 6. The summed E-state index contributed by atoms with van der Waals surface area (Å²) in [5, 5.41) is 0. The van der Waals surface area contributed by atoms with Crippen LogP contribution < -0.4 is 9.47 Å². The van der Waals surface area contributed by atoms with Gasteiger partial charge in [0.05, 0.1) is 12.9 Å². The Balaban J connectivity index is 1.56. The average molecular weight is 567 g/mol. The smallest absolute Gasteiger partial charge is 0.264 e. The maximum atomic E-state index is 11.0. The molecule has 9 heteroatoms. The lowest BCUT2D eigenvalue weighted by molar-refractivity contribution is 0.0508. The summed E-state index contributed by atoms with van der Waals surface area (Å²) in [6.45, 7) is 0.783. The van der Waals surface area contributed by atoms with Crippen molar-refractivity contribution in [3.8, 4) is 11.5 Å². The van der Waals surface area contributed by atoms with Crippen molar-refractivity contribution < 1.29 is 31.5 Å². The molecule has 2 aromatic rings. The van der Waals surface area contributed by atoms with Crippen LogP contribution in [0.15, 0.2) is 47.4 Å². The van der Waals surface area contributed by atoms with Crippen molar-refractivity contribution in [1.29, 1.82) is 0 Å². The van der Waals surface area contributed by atoms with Gasteiger partial charge in [0, 0.05) is 30.8 Å². The van der Waals surface area contributed by atoms with Gasteiger partial charge in [0.25, 0.3) is 10.1 Å². The highest BCUT2D eigenvalue weighted by Gasteiger charge is 2.31. The van der Waals surface area contributed by atoms with E-state index < -0.39 is 10.1 Å². The minimum atomic E-state index is -3.32. The van der Waals surface area contributed by atoms with E-state index in [1.165, 1.54) is 41.7 Å². The summed E-state index contributed by atoms with van der Waals surface area (Å²) >= 11 is 1.90. The third-order valence-corrected chi connectivity index (χ3v) is 8.53. The van der Waals surface area contributed by atoms with Crippen LogP contribution in [0.3, 0.4) is 0 Å². The number of benzene rings is 2. The second-order valence-electron chi connectivity index (χ2n) is 9.68. The highest BCUT2D eigenvalue weighted by atomic mass is 32.2. The molecule has 0 saturated carbocycles. The van der Waals surface area contributed by atoms with E-state index in [0.717, 1.165) is 49.2 Å². The Kier molecular flexibility index (Phi) is 13.2. The second-order valence-corrected chi connectivity index (χ2v) is 12.4. The molecule has 0 saturated heterocycles. The van der Waals surface area contributed by atoms with Gasteiger partial charge in [-0.1, -0.05) is 56.7 Å². The lowest BCUT2D eigenvalue weighted by Crippen LogP contribution is -2.19. The maximum absolute atomic E-state index is 11.0. The maximum Gasteiger partial charge on any atom is 0.264 e. The molecule has 2 aromatic carbocycles. The number of rotatable bonds is 18. The lowest BCUT2D eigenvalue weighted by atomic mass is 9.79. The van der Waals surface area contributed by atoms with Crippen LogP contribution in [0.4, 0.5) is 0 Å². The van der Waals surface area contributed by atoms with Crippen molar-refractivity contribution in [3.63, 3.8) is 0 Å². The van der Waals surface area contributed by atoms with Gasteiger partial charge in [-0.2, -0.15) is 8.42 Å². The first kappa shape index (κ1) is 30.8. The summed E-state index contributed by atoms with van der Waals surface area (Å²) in [6, 6.07) is 14.9. The van der Waals surface area contributed by atoms with Gasteiger partial charge < -0.3 is 18.9 Å². The van der Waals surface area contributed by atoms with Gasteiger partial charge in [-0.3, -0.25) is 4.18 Å². The van der Waals surface area contributed by atoms with Crippen molar-refractivity contribution in [2.24, 2.45) is 0 Å². The fraction of sp³-hybridized carbons (Fsp3) is 0.586. The molecule has 7 nitrogen and oxygen atoms in total. The van der Waals surface area contributed by atoms with E-state index in [2.05, 4.69) is 30.3 Å². The van der Waals surface area contributed by atoms with Crippen molar-refractivity contribution >= 4 is 21.9 Å². The van der Waals surface area contributed by atoms with Crippen LogP contribution in [0, 0.1) is 0 Å². The summed E-state index contributed by atoms with van der Waals surface area (Å²) in [5.74, 6) is 3.57. The first-order valence-electron chi connectivity index (χ1n) is 13.4. The minimum absolute atomic E-state index is 0.247. The SMILES string of the molecule is COCOc1ccc(C2CSc3cc(OCOC)ccc3C2CCCCCCCCCOS(C)(=O)=O)cc1. The van der Waals surface area contributed by atoms with Crippen LogP contribution in [0.25, 0.3) is 0 Å². The molecule has 0 N–H and O–H groups in total. The quantitative estimate of drug-likeness (QED) is 0.112. The Morgan fingerprint density at radius 2 is 1.42 bits per heavy atom. The molecule has 0 radical (unpaired) electrons. The summed E-state index contributed by atoms with van der Waals surface area (Å²) in [6.07, 6.45) is 9.88. The molecule has 0 spiro atoms. The van der Waals surface area contributed by atoms with Crippen molar-refractivity contribution in [2.45, 2.75) is 68.1 Å². The summed E-state index contributed by atoms with van der Waals surface area (Å²) in [4.78, 5) is 1.30. The Morgan fingerprint density at radius 3 is 2.08 bits per heavy atom. The van der Waals surface area contributed by atoms with E-state index in [1.54, 1.807) is 14.2 Å². The first-order valence-corrected chi connectivity index (χ1v) is 16.2. The number of ether oxygens (including phenoxy) is 4. The summed E-state index contributed by atoms with van der Waals surface area (Å²) < 4.78 is 48.2. The first-order chi connectivity index (χ1) is 18.4. The van der Waals surface area contributed by atoms with E-state index in [0.29, 0.717) is 11.8 Å². The predicted molar refractivity (Wildman–Crippen MR) is 152 cm³/mol. The fourth-order valence-corrected chi connectivity index (χ4v) is 6.65. The number of hydrogen-bond acceptors (Lipinski definition) is 8. The zero-order chi connectivity index (χ0) is 27.2. The standard InChI is InChI=1S/C29H42O7S2/c1-32-21-34-24-14-12-23(13-15-24)28-20-37-29-19-25(35-22-33-2)16-17-27(29)26(28)11-9-7-5-4-6-8-10-18-36-38(3,30)31/h12-17,19,26,28H,4-11,18,20-22H2,1-3H3. The topological polar surface area (TPSA) is 80.3 Å². The van der Waals surface area contributed by atoms with Gasteiger partial charge >= 0.3 is 0 Å². The van der Waals surface area contributed by atoms with Crippen LogP contribution in [-0.2, 0) is 23.8 Å². The van der Waals surface area contributed by atoms with E-state index in [1.807, 2.05) is 23.9 Å². The highest BCUT2D eigenvalue weighted by molar-refractivity contribution is 7.99. The average Bonchev–Trinajstić information content (AvgIpc) is 2.91. The van der Waals surface area contributed by atoms with Crippen molar-refractivity contribution in [2.75, 3.05) is 46.4 Å². The Morgan fingerprint density at radius 1 is 0.816 bits per heavy atom. The molecule has 2 unspecified atom stereocenters. The van der Waals surface area contributed by atoms with E-state index in [4.69, 9.17) is 23.1 Å². The van der Waals surface area contributed by atoms with Crippen LogP contribution >= 0.6 is 11.8 Å². The number of methoxy groups -OCH3 is 2. The van der Waals surface area contributed by atoms with Gasteiger partial charge in [-0.15, -0.1) is 11.8 Å². The second kappa shape index (κ2) is 16.4. The summed E-state index contributed by atoms with van der Waals surface area (Å²) in [5.41, 5.74) is 2.75. The Bertz CT molecular complexity index is 1060. The molecule has 0 fully saturated rings. The zero-order valence-corrected chi connectivity index (χ0v) is 24.5. The number of fused-ring (bicyclic) bond motifs is 1. The van der Waals surface area contributed by atoms with Gasteiger partial charge in [-0.25, -0.2) is 0 Å². The van der Waals surface area contributed by atoms with Crippen molar-refractivity contribution in [3.05, 3.63) is 53.6 Å². The van der Waals surface area contributed by atoms with Crippen LogP contribution in [0.5, 0.6) is 11.5 Å². The van der Waals surface area contributed by atoms with Crippen molar-refractivity contribution in [1.82, 2.24) is 0 Å². The van der Waals surface area contributed by atoms with Crippen LogP contribution in [-0.4, -0.2) is 54.8 Å².